The molecule has 14 heavy (non-hydrogen) atoms. The van der Waals surface area contributed by atoms with E-state index in [-0.39, 0.29) is 6.61 Å². The zero-order chi connectivity index (χ0) is 10.6. The van der Waals surface area contributed by atoms with Gasteiger partial charge in [-0.3, -0.25) is 0 Å². The van der Waals surface area contributed by atoms with E-state index in [9.17, 15) is 5.11 Å². The Morgan fingerprint density at radius 1 is 1.36 bits per heavy atom. The van der Waals surface area contributed by atoms with Crippen molar-refractivity contribution in [1.82, 2.24) is 5.32 Å². The Balaban J connectivity index is 2.16. The van der Waals surface area contributed by atoms with E-state index in [2.05, 4.69) is 19.2 Å². The minimum absolute atomic E-state index is 0.148. The highest BCUT2D eigenvalue weighted by atomic mass is 16.3. The molecule has 0 aromatic carbocycles. The largest absolute Gasteiger partial charge is 0.394 e. The lowest BCUT2D eigenvalue weighted by atomic mass is 9.75. The van der Waals surface area contributed by atoms with Gasteiger partial charge in [-0.2, -0.15) is 0 Å². The van der Waals surface area contributed by atoms with Crippen LogP contribution in [-0.2, 0) is 0 Å². The second-order valence-corrected chi connectivity index (χ2v) is 5.18. The van der Waals surface area contributed by atoms with E-state index >= 15 is 0 Å². The van der Waals surface area contributed by atoms with E-state index in [1.807, 2.05) is 0 Å². The van der Waals surface area contributed by atoms with E-state index < -0.39 is 6.10 Å². The first kappa shape index (κ1) is 12.0. The van der Waals surface area contributed by atoms with Crippen molar-refractivity contribution in [3.8, 4) is 0 Å². The van der Waals surface area contributed by atoms with Crippen LogP contribution in [0.3, 0.4) is 0 Å². The highest BCUT2D eigenvalue weighted by Gasteiger charge is 2.26. The summed E-state index contributed by atoms with van der Waals surface area (Å²) in [7, 11) is 0. The molecule has 0 unspecified atom stereocenters. The fourth-order valence-electron chi connectivity index (χ4n) is 1.97. The molecular weight excluding hydrogens is 178 g/mol. The minimum atomic E-state index is -0.607. The van der Waals surface area contributed by atoms with Crippen molar-refractivity contribution in [2.75, 3.05) is 13.2 Å². The van der Waals surface area contributed by atoms with Gasteiger partial charge in [-0.1, -0.05) is 13.8 Å². The van der Waals surface area contributed by atoms with Gasteiger partial charge in [-0.25, -0.2) is 0 Å². The molecule has 1 atom stereocenters. The number of aliphatic hydroxyl groups is 2. The van der Waals surface area contributed by atoms with Gasteiger partial charge in [0.25, 0.3) is 0 Å². The monoisotopic (exact) mass is 201 g/mol. The molecule has 0 radical (unpaired) electrons. The zero-order valence-electron chi connectivity index (χ0n) is 9.29. The summed E-state index contributed by atoms with van der Waals surface area (Å²) in [5, 5.41) is 21.1. The SMILES string of the molecule is CC1(C)CCC(NC[C@H](O)CO)CC1. The van der Waals surface area contributed by atoms with Gasteiger partial charge in [0.15, 0.2) is 0 Å². The van der Waals surface area contributed by atoms with E-state index in [0.29, 0.717) is 18.0 Å². The van der Waals surface area contributed by atoms with Crippen LogP contribution in [0.2, 0.25) is 0 Å². The average molecular weight is 201 g/mol. The Hall–Kier alpha value is -0.120. The summed E-state index contributed by atoms with van der Waals surface area (Å²) in [4.78, 5) is 0. The second kappa shape index (κ2) is 5.10. The molecule has 0 aliphatic heterocycles. The Labute approximate surface area is 86.5 Å². The van der Waals surface area contributed by atoms with Gasteiger partial charge in [-0.05, 0) is 31.1 Å². The van der Waals surface area contributed by atoms with Crippen LogP contribution in [0, 0.1) is 5.41 Å². The Morgan fingerprint density at radius 2 is 1.93 bits per heavy atom. The molecule has 1 aliphatic carbocycles. The second-order valence-electron chi connectivity index (χ2n) is 5.18. The number of rotatable bonds is 4. The summed E-state index contributed by atoms with van der Waals surface area (Å²) in [5.41, 5.74) is 0.494. The topological polar surface area (TPSA) is 52.5 Å². The Bertz CT molecular complexity index is 161. The first-order valence-corrected chi connectivity index (χ1v) is 5.56. The van der Waals surface area contributed by atoms with Crippen molar-refractivity contribution in [2.24, 2.45) is 5.41 Å². The fourth-order valence-corrected chi connectivity index (χ4v) is 1.97. The summed E-state index contributed by atoms with van der Waals surface area (Å²) in [6.07, 6.45) is 4.26. The fraction of sp³-hybridized carbons (Fsp3) is 1.00. The summed E-state index contributed by atoms with van der Waals surface area (Å²) in [6, 6.07) is 0.532. The molecule has 1 saturated carbocycles. The molecular formula is C11H23NO2. The molecule has 1 rings (SSSR count). The number of aliphatic hydroxyl groups excluding tert-OH is 2. The van der Waals surface area contributed by atoms with Gasteiger partial charge in [0.05, 0.1) is 12.7 Å². The maximum absolute atomic E-state index is 9.18. The highest BCUT2D eigenvalue weighted by molar-refractivity contribution is 4.82. The van der Waals surface area contributed by atoms with Crippen LogP contribution < -0.4 is 5.32 Å². The van der Waals surface area contributed by atoms with Gasteiger partial charge in [0.2, 0.25) is 0 Å². The molecule has 3 heteroatoms. The van der Waals surface area contributed by atoms with Gasteiger partial charge < -0.3 is 15.5 Å². The standard InChI is InChI=1S/C11H23NO2/c1-11(2)5-3-9(4-6-11)12-7-10(14)8-13/h9-10,12-14H,3-8H2,1-2H3/t10-/m0/s1. The smallest absolute Gasteiger partial charge is 0.0895 e. The molecule has 0 aromatic heterocycles. The minimum Gasteiger partial charge on any atom is -0.394 e. The predicted octanol–water partition coefficient (Wildman–Crippen LogP) is 0.898. The zero-order valence-corrected chi connectivity index (χ0v) is 9.29. The molecule has 0 aromatic rings. The van der Waals surface area contributed by atoms with Crippen LogP contribution >= 0.6 is 0 Å². The molecule has 3 nitrogen and oxygen atoms in total. The van der Waals surface area contributed by atoms with Crippen molar-refractivity contribution in [1.29, 1.82) is 0 Å². The first-order valence-electron chi connectivity index (χ1n) is 5.56. The van der Waals surface area contributed by atoms with Crippen LogP contribution in [-0.4, -0.2) is 35.5 Å². The lowest BCUT2D eigenvalue weighted by Gasteiger charge is -2.35. The molecule has 1 aliphatic rings. The third-order valence-corrected chi connectivity index (χ3v) is 3.19. The van der Waals surface area contributed by atoms with Crippen LogP contribution in [0.4, 0.5) is 0 Å². The summed E-state index contributed by atoms with van der Waals surface area (Å²) < 4.78 is 0. The molecule has 0 saturated heterocycles. The number of hydrogen-bond donors (Lipinski definition) is 3. The molecule has 3 N–H and O–H groups in total. The van der Waals surface area contributed by atoms with E-state index in [0.717, 1.165) is 0 Å². The third kappa shape index (κ3) is 3.95. The predicted molar refractivity (Wildman–Crippen MR) is 57.1 cm³/mol. The summed E-state index contributed by atoms with van der Waals surface area (Å²) >= 11 is 0. The summed E-state index contributed by atoms with van der Waals surface area (Å²) in [5.74, 6) is 0. The van der Waals surface area contributed by atoms with Crippen molar-refractivity contribution in [3.05, 3.63) is 0 Å². The normalized spacial score (nSPS) is 24.9. The molecule has 0 bridgehead atoms. The van der Waals surface area contributed by atoms with Gasteiger partial charge in [0, 0.05) is 12.6 Å². The Kier molecular flexibility index (Phi) is 4.35. The lowest BCUT2D eigenvalue weighted by Crippen LogP contribution is -2.40. The van der Waals surface area contributed by atoms with E-state index in [4.69, 9.17) is 5.11 Å². The van der Waals surface area contributed by atoms with Crippen LogP contribution in [0.1, 0.15) is 39.5 Å². The van der Waals surface area contributed by atoms with Crippen LogP contribution in [0.15, 0.2) is 0 Å². The molecule has 0 spiro atoms. The van der Waals surface area contributed by atoms with Gasteiger partial charge in [-0.15, -0.1) is 0 Å². The van der Waals surface area contributed by atoms with Gasteiger partial charge >= 0.3 is 0 Å². The first-order chi connectivity index (χ1) is 6.53. The number of hydrogen-bond acceptors (Lipinski definition) is 3. The molecule has 84 valence electrons. The third-order valence-electron chi connectivity index (χ3n) is 3.19. The van der Waals surface area contributed by atoms with Gasteiger partial charge in [0.1, 0.15) is 0 Å². The van der Waals surface area contributed by atoms with Crippen molar-refractivity contribution < 1.29 is 10.2 Å². The summed E-state index contributed by atoms with van der Waals surface area (Å²) in [6.45, 7) is 4.99. The maximum Gasteiger partial charge on any atom is 0.0895 e. The maximum atomic E-state index is 9.18. The quantitative estimate of drug-likeness (QED) is 0.633. The van der Waals surface area contributed by atoms with Crippen molar-refractivity contribution in [3.63, 3.8) is 0 Å². The highest BCUT2D eigenvalue weighted by Crippen LogP contribution is 2.34. The van der Waals surface area contributed by atoms with Crippen LogP contribution in [0.25, 0.3) is 0 Å². The van der Waals surface area contributed by atoms with Crippen LogP contribution in [0.5, 0.6) is 0 Å². The molecule has 0 amide bonds. The number of nitrogens with one attached hydrogen (secondary N) is 1. The van der Waals surface area contributed by atoms with Crippen molar-refractivity contribution >= 4 is 0 Å². The Morgan fingerprint density at radius 3 is 2.43 bits per heavy atom. The average Bonchev–Trinajstić information content (AvgIpc) is 2.16. The van der Waals surface area contributed by atoms with Crippen molar-refractivity contribution in [2.45, 2.75) is 51.7 Å². The molecule has 1 fully saturated rings. The van der Waals surface area contributed by atoms with E-state index in [1.165, 1.54) is 25.7 Å². The molecule has 0 heterocycles. The van der Waals surface area contributed by atoms with E-state index in [1.54, 1.807) is 0 Å². The lowest BCUT2D eigenvalue weighted by molar-refractivity contribution is 0.0875.